The Balaban J connectivity index is 2.21. The first-order chi connectivity index (χ1) is 9.00. The van der Waals surface area contributed by atoms with Crippen molar-refractivity contribution in [1.82, 2.24) is 4.98 Å². The van der Waals surface area contributed by atoms with Gasteiger partial charge in [0.25, 0.3) is 0 Å². The second-order valence-electron chi connectivity index (χ2n) is 5.47. The lowest BCUT2D eigenvalue weighted by atomic mass is 9.87. The number of aromatic nitrogens is 1. The van der Waals surface area contributed by atoms with Crippen molar-refractivity contribution in [3.05, 3.63) is 58.3 Å². The van der Waals surface area contributed by atoms with Crippen LogP contribution in [0.25, 0.3) is 0 Å². The van der Waals surface area contributed by atoms with E-state index >= 15 is 0 Å². The summed E-state index contributed by atoms with van der Waals surface area (Å²) in [5.41, 5.74) is 10.1. The van der Waals surface area contributed by atoms with E-state index in [0.29, 0.717) is 12.2 Å². The van der Waals surface area contributed by atoms with Crippen molar-refractivity contribution in [3.8, 4) is 0 Å². The quantitative estimate of drug-likeness (QED) is 0.822. The molecule has 3 rings (SSSR count). The highest BCUT2D eigenvalue weighted by molar-refractivity contribution is 5.54. The van der Waals surface area contributed by atoms with Gasteiger partial charge >= 0.3 is 0 Å². The minimum Gasteiger partial charge on any atom is -0.383 e. The number of pyridine rings is 1. The summed E-state index contributed by atoms with van der Waals surface area (Å²) in [5.74, 6) is 0.419. The molecule has 1 aromatic heterocycles. The standard InChI is InChI=1S/C16H18N2O/c1-10-3-4-12-5-6-16(19,13(12)7-10)14-8-11(2)9-18-15(14)17/h3-4,7-9,19H,5-6H2,1-2H3,(H2,17,18). The Morgan fingerprint density at radius 3 is 2.68 bits per heavy atom. The number of hydrogen-bond acceptors (Lipinski definition) is 3. The number of nitrogens with two attached hydrogens (primary N) is 1. The molecular weight excluding hydrogens is 236 g/mol. The lowest BCUT2D eigenvalue weighted by Gasteiger charge is -2.26. The molecule has 0 radical (unpaired) electrons. The molecule has 3 heteroatoms. The smallest absolute Gasteiger partial charge is 0.129 e. The molecule has 1 aliphatic rings. The molecule has 0 spiro atoms. The van der Waals surface area contributed by atoms with E-state index in [0.717, 1.165) is 28.7 Å². The largest absolute Gasteiger partial charge is 0.383 e. The highest BCUT2D eigenvalue weighted by Crippen LogP contribution is 2.44. The number of fused-ring (bicyclic) bond motifs is 1. The zero-order valence-corrected chi connectivity index (χ0v) is 11.3. The average molecular weight is 254 g/mol. The van der Waals surface area contributed by atoms with Gasteiger partial charge in [0.15, 0.2) is 0 Å². The van der Waals surface area contributed by atoms with Gasteiger partial charge in [0, 0.05) is 11.8 Å². The van der Waals surface area contributed by atoms with Crippen LogP contribution < -0.4 is 5.73 Å². The van der Waals surface area contributed by atoms with Gasteiger partial charge in [-0.2, -0.15) is 0 Å². The van der Waals surface area contributed by atoms with Crippen molar-refractivity contribution < 1.29 is 5.11 Å². The van der Waals surface area contributed by atoms with Crippen LogP contribution in [0.2, 0.25) is 0 Å². The number of nitrogens with zero attached hydrogens (tertiary/aromatic N) is 1. The highest BCUT2D eigenvalue weighted by atomic mass is 16.3. The van der Waals surface area contributed by atoms with Gasteiger partial charge in [-0.3, -0.25) is 0 Å². The van der Waals surface area contributed by atoms with Gasteiger partial charge in [-0.1, -0.05) is 23.8 Å². The minimum absolute atomic E-state index is 0.419. The maximum absolute atomic E-state index is 11.1. The van der Waals surface area contributed by atoms with E-state index in [1.54, 1.807) is 6.20 Å². The van der Waals surface area contributed by atoms with Crippen LogP contribution in [0.5, 0.6) is 0 Å². The second kappa shape index (κ2) is 4.07. The third kappa shape index (κ3) is 1.81. The molecule has 0 aliphatic heterocycles. The second-order valence-corrected chi connectivity index (χ2v) is 5.47. The Hall–Kier alpha value is -1.87. The van der Waals surface area contributed by atoms with Crippen LogP contribution in [0.15, 0.2) is 30.5 Å². The van der Waals surface area contributed by atoms with Crippen molar-refractivity contribution >= 4 is 5.82 Å². The Labute approximate surface area is 113 Å². The van der Waals surface area contributed by atoms with E-state index in [1.807, 2.05) is 19.9 Å². The lowest BCUT2D eigenvalue weighted by Crippen LogP contribution is -2.26. The number of nitrogen functional groups attached to an aromatic ring is 1. The van der Waals surface area contributed by atoms with Gasteiger partial charge in [-0.05, 0) is 49.4 Å². The SMILES string of the molecule is Cc1ccc2c(c1)C(O)(c1cc(C)cnc1N)CC2. The summed E-state index contributed by atoms with van der Waals surface area (Å²) in [7, 11) is 0. The van der Waals surface area contributed by atoms with Crippen molar-refractivity contribution in [2.75, 3.05) is 5.73 Å². The van der Waals surface area contributed by atoms with Crippen molar-refractivity contribution in [2.24, 2.45) is 0 Å². The Morgan fingerprint density at radius 1 is 1.16 bits per heavy atom. The van der Waals surface area contributed by atoms with Gasteiger partial charge < -0.3 is 10.8 Å². The molecule has 3 N–H and O–H groups in total. The zero-order chi connectivity index (χ0) is 13.6. The number of aliphatic hydroxyl groups is 1. The van der Waals surface area contributed by atoms with Crippen LogP contribution in [-0.2, 0) is 12.0 Å². The first-order valence-electron chi connectivity index (χ1n) is 6.56. The van der Waals surface area contributed by atoms with Gasteiger partial charge in [0.2, 0.25) is 0 Å². The first-order valence-corrected chi connectivity index (χ1v) is 6.56. The molecule has 1 heterocycles. The first kappa shape index (κ1) is 12.2. The maximum atomic E-state index is 11.1. The topological polar surface area (TPSA) is 59.1 Å². The number of anilines is 1. The zero-order valence-electron chi connectivity index (χ0n) is 11.3. The summed E-state index contributed by atoms with van der Waals surface area (Å²) < 4.78 is 0. The number of aryl methyl sites for hydroxylation is 3. The van der Waals surface area contributed by atoms with Crippen molar-refractivity contribution in [3.63, 3.8) is 0 Å². The molecule has 1 unspecified atom stereocenters. The van der Waals surface area contributed by atoms with E-state index in [-0.39, 0.29) is 0 Å². The maximum Gasteiger partial charge on any atom is 0.129 e. The number of rotatable bonds is 1. The average Bonchev–Trinajstić information content (AvgIpc) is 2.71. The molecule has 0 fully saturated rings. The van der Waals surface area contributed by atoms with Crippen LogP contribution in [-0.4, -0.2) is 10.1 Å². The van der Waals surface area contributed by atoms with E-state index in [1.165, 1.54) is 5.56 Å². The normalized spacial score (nSPS) is 21.4. The third-order valence-corrected chi connectivity index (χ3v) is 3.97. The summed E-state index contributed by atoms with van der Waals surface area (Å²) in [6.07, 6.45) is 3.27. The van der Waals surface area contributed by atoms with Gasteiger partial charge in [0.05, 0.1) is 0 Å². The van der Waals surface area contributed by atoms with Crippen LogP contribution in [0.4, 0.5) is 5.82 Å². The van der Waals surface area contributed by atoms with E-state index in [9.17, 15) is 5.11 Å². The lowest BCUT2D eigenvalue weighted by molar-refractivity contribution is 0.0833. The third-order valence-electron chi connectivity index (χ3n) is 3.97. The number of benzene rings is 1. The molecule has 1 aliphatic carbocycles. The molecule has 2 aromatic rings. The van der Waals surface area contributed by atoms with Crippen LogP contribution in [0.1, 0.15) is 34.2 Å². The van der Waals surface area contributed by atoms with Crippen LogP contribution in [0, 0.1) is 13.8 Å². The van der Waals surface area contributed by atoms with Gasteiger partial charge in [-0.15, -0.1) is 0 Å². The van der Waals surface area contributed by atoms with Crippen LogP contribution in [0.3, 0.4) is 0 Å². The summed E-state index contributed by atoms with van der Waals surface area (Å²) in [6, 6.07) is 8.19. The van der Waals surface area contributed by atoms with Crippen LogP contribution >= 0.6 is 0 Å². The molecule has 0 amide bonds. The molecule has 98 valence electrons. The van der Waals surface area contributed by atoms with E-state index in [4.69, 9.17) is 5.73 Å². The molecule has 0 saturated carbocycles. The summed E-state index contributed by atoms with van der Waals surface area (Å²) in [5, 5.41) is 11.1. The Morgan fingerprint density at radius 2 is 1.89 bits per heavy atom. The Bertz CT molecular complexity index is 651. The molecule has 1 aromatic carbocycles. The van der Waals surface area contributed by atoms with E-state index in [2.05, 4.69) is 23.2 Å². The van der Waals surface area contributed by atoms with Gasteiger partial charge in [-0.25, -0.2) is 4.98 Å². The fraction of sp³-hybridized carbons (Fsp3) is 0.312. The molecule has 19 heavy (non-hydrogen) atoms. The van der Waals surface area contributed by atoms with Crippen molar-refractivity contribution in [1.29, 1.82) is 0 Å². The molecule has 0 bridgehead atoms. The molecule has 3 nitrogen and oxygen atoms in total. The number of hydrogen-bond donors (Lipinski definition) is 2. The Kier molecular flexibility index (Phi) is 2.61. The molecule has 0 saturated heterocycles. The molecular formula is C16H18N2O. The molecule has 1 atom stereocenters. The summed E-state index contributed by atoms with van der Waals surface area (Å²) >= 11 is 0. The minimum atomic E-state index is -0.996. The highest BCUT2D eigenvalue weighted by Gasteiger charge is 2.40. The predicted molar refractivity (Wildman–Crippen MR) is 75.9 cm³/mol. The summed E-state index contributed by atoms with van der Waals surface area (Å²) in [6.45, 7) is 4.00. The van der Waals surface area contributed by atoms with E-state index < -0.39 is 5.60 Å². The summed E-state index contributed by atoms with van der Waals surface area (Å²) in [4.78, 5) is 4.18. The van der Waals surface area contributed by atoms with Crippen molar-refractivity contribution in [2.45, 2.75) is 32.3 Å². The predicted octanol–water partition coefficient (Wildman–Crippen LogP) is 2.46. The monoisotopic (exact) mass is 254 g/mol. The fourth-order valence-electron chi connectivity index (χ4n) is 2.93. The van der Waals surface area contributed by atoms with Gasteiger partial charge in [0.1, 0.15) is 11.4 Å². The fourth-order valence-corrected chi connectivity index (χ4v) is 2.93.